The Morgan fingerprint density at radius 3 is 2.20 bits per heavy atom. The second kappa shape index (κ2) is 5.23. The van der Waals surface area contributed by atoms with E-state index in [0.717, 1.165) is 0 Å². The molecule has 2 rings (SSSR count). The van der Waals surface area contributed by atoms with Crippen LogP contribution in [0.2, 0.25) is 0 Å². The molecule has 1 radical (unpaired) electrons. The fourth-order valence-corrected chi connectivity index (χ4v) is 3.36. The molecule has 0 atom stereocenters. The van der Waals surface area contributed by atoms with Crippen molar-refractivity contribution in [2.24, 2.45) is 5.14 Å². The van der Waals surface area contributed by atoms with Crippen LogP contribution in [0.1, 0.15) is 0 Å². The Kier molecular flexibility index (Phi) is 3.80. The van der Waals surface area contributed by atoms with E-state index in [-0.39, 0.29) is 15.5 Å². The highest BCUT2D eigenvalue weighted by Crippen LogP contribution is 2.22. The molecule has 0 fully saturated rings. The van der Waals surface area contributed by atoms with Crippen LogP contribution in [0.4, 0.5) is 5.69 Å². The first kappa shape index (κ1) is 14.5. The average Bonchev–Trinajstić information content (AvgIpc) is 2.39. The minimum absolute atomic E-state index is 0.0933. The molecule has 0 spiro atoms. The highest BCUT2D eigenvalue weighted by molar-refractivity contribution is 7.93. The molecule has 0 heterocycles. The molecule has 2 aromatic carbocycles. The molecule has 0 aromatic heterocycles. The number of rotatable bonds is 4. The third kappa shape index (κ3) is 3.16. The first-order valence-electron chi connectivity index (χ1n) is 5.42. The summed E-state index contributed by atoms with van der Waals surface area (Å²) in [5.74, 6) is 0. The number of primary sulfonamides is 1. The zero-order chi connectivity index (χ0) is 14.8. The lowest BCUT2D eigenvalue weighted by Crippen LogP contribution is -2.18. The van der Waals surface area contributed by atoms with Gasteiger partial charge in [0.15, 0.2) is 0 Å². The van der Waals surface area contributed by atoms with Crippen LogP contribution >= 0.6 is 0 Å². The standard InChI is InChI=1S/C12H11N2O4S2/c13-19(15,16)12-9-5-4-8-11(12)14-20(17,18)10-6-2-1-3-7-10/h1-6,8-9,14H,(H2,13,15,16). The highest BCUT2D eigenvalue weighted by atomic mass is 32.2. The predicted molar refractivity (Wildman–Crippen MR) is 73.9 cm³/mol. The van der Waals surface area contributed by atoms with Crippen molar-refractivity contribution >= 4 is 25.7 Å². The van der Waals surface area contributed by atoms with Gasteiger partial charge >= 0.3 is 0 Å². The minimum Gasteiger partial charge on any atom is -0.278 e. The van der Waals surface area contributed by atoms with E-state index in [1.54, 1.807) is 6.07 Å². The Labute approximate surface area is 117 Å². The topological polar surface area (TPSA) is 106 Å². The number of hydrogen-bond donors (Lipinski definition) is 2. The number of sulfonamides is 2. The molecule has 0 aliphatic rings. The summed E-state index contributed by atoms with van der Waals surface area (Å²) in [4.78, 5) is -0.385. The zero-order valence-corrected chi connectivity index (χ0v) is 11.8. The van der Waals surface area contributed by atoms with Crippen LogP contribution in [0.25, 0.3) is 0 Å². The first-order valence-corrected chi connectivity index (χ1v) is 8.45. The van der Waals surface area contributed by atoms with E-state index in [2.05, 4.69) is 10.8 Å². The summed E-state index contributed by atoms with van der Waals surface area (Å²) in [5, 5.41) is 5.04. The van der Waals surface area contributed by atoms with E-state index >= 15 is 0 Å². The summed E-state index contributed by atoms with van der Waals surface area (Å²) in [7, 11) is -7.95. The SMILES string of the molecule is NS(=O)(=O)c1ccccc1NS(=O)(=O)c1[c]cccc1. The van der Waals surface area contributed by atoms with Crippen molar-refractivity contribution in [3.8, 4) is 0 Å². The molecule has 6 nitrogen and oxygen atoms in total. The third-order valence-corrected chi connectivity index (χ3v) is 4.70. The summed E-state index contributed by atoms with van der Waals surface area (Å²) in [6.45, 7) is 0. The molecular weight excluding hydrogens is 300 g/mol. The lowest BCUT2D eigenvalue weighted by atomic mass is 10.3. The maximum absolute atomic E-state index is 12.1. The van der Waals surface area contributed by atoms with Gasteiger partial charge in [-0.15, -0.1) is 0 Å². The van der Waals surface area contributed by atoms with Crippen LogP contribution in [0, 0.1) is 6.07 Å². The normalized spacial score (nSPS) is 12.1. The summed E-state index contributed by atoms with van der Waals surface area (Å²) < 4.78 is 49.2. The van der Waals surface area contributed by atoms with E-state index in [0.29, 0.717) is 0 Å². The predicted octanol–water partition coefficient (Wildman–Crippen LogP) is 0.935. The Morgan fingerprint density at radius 2 is 1.60 bits per heavy atom. The van der Waals surface area contributed by atoms with Crippen molar-refractivity contribution in [1.82, 2.24) is 0 Å². The van der Waals surface area contributed by atoms with Gasteiger partial charge in [-0.25, -0.2) is 22.0 Å². The van der Waals surface area contributed by atoms with Gasteiger partial charge in [-0.3, -0.25) is 4.72 Å². The van der Waals surface area contributed by atoms with Gasteiger partial charge in [0.25, 0.3) is 10.0 Å². The zero-order valence-electron chi connectivity index (χ0n) is 10.1. The highest BCUT2D eigenvalue weighted by Gasteiger charge is 2.19. The number of hydrogen-bond acceptors (Lipinski definition) is 4. The molecule has 8 heteroatoms. The van der Waals surface area contributed by atoms with E-state index in [9.17, 15) is 16.8 Å². The number of nitrogens with one attached hydrogen (secondary N) is 1. The van der Waals surface area contributed by atoms with Crippen LogP contribution in [-0.4, -0.2) is 16.8 Å². The van der Waals surface area contributed by atoms with Crippen molar-refractivity contribution < 1.29 is 16.8 Å². The Balaban J connectivity index is 2.46. The third-order valence-electron chi connectivity index (χ3n) is 2.41. The number of nitrogens with two attached hydrogens (primary N) is 1. The van der Waals surface area contributed by atoms with Crippen molar-refractivity contribution in [3.63, 3.8) is 0 Å². The van der Waals surface area contributed by atoms with Crippen molar-refractivity contribution in [1.29, 1.82) is 0 Å². The number of benzene rings is 2. The minimum atomic E-state index is -4.03. The largest absolute Gasteiger partial charge is 0.278 e. The summed E-state index contributed by atoms with van der Waals surface area (Å²) in [5.41, 5.74) is -0.104. The molecule has 20 heavy (non-hydrogen) atoms. The van der Waals surface area contributed by atoms with Crippen molar-refractivity contribution in [2.75, 3.05) is 4.72 Å². The number of anilines is 1. The van der Waals surface area contributed by atoms with E-state index in [4.69, 9.17) is 5.14 Å². The molecule has 0 unspecified atom stereocenters. The lowest BCUT2D eigenvalue weighted by Gasteiger charge is -2.10. The molecule has 2 aromatic rings. The van der Waals surface area contributed by atoms with Crippen LogP contribution < -0.4 is 9.86 Å². The van der Waals surface area contributed by atoms with Crippen LogP contribution in [0.5, 0.6) is 0 Å². The van der Waals surface area contributed by atoms with Gasteiger partial charge in [0, 0.05) is 6.07 Å². The van der Waals surface area contributed by atoms with E-state index < -0.39 is 20.0 Å². The van der Waals surface area contributed by atoms with E-state index in [1.165, 1.54) is 42.5 Å². The molecule has 105 valence electrons. The van der Waals surface area contributed by atoms with Gasteiger partial charge < -0.3 is 0 Å². The van der Waals surface area contributed by atoms with Crippen LogP contribution in [-0.2, 0) is 20.0 Å². The molecule has 0 saturated heterocycles. The second-order valence-electron chi connectivity index (χ2n) is 3.87. The summed E-state index contributed by atoms with van der Waals surface area (Å²) >= 11 is 0. The van der Waals surface area contributed by atoms with Crippen molar-refractivity contribution in [2.45, 2.75) is 9.79 Å². The van der Waals surface area contributed by atoms with Gasteiger partial charge in [0.2, 0.25) is 10.0 Å². The van der Waals surface area contributed by atoms with Gasteiger partial charge in [0.1, 0.15) is 4.90 Å². The maximum atomic E-state index is 12.1. The molecule has 0 bridgehead atoms. The maximum Gasteiger partial charge on any atom is 0.262 e. The second-order valence-corrected chi connectivity index (χ2v) is 7.05. The van der Waals surface area contributed by atoms with Crippen LogP contribution in [0.3, 0.4) is 0 Å². The number of para-hydroxylation sites is 1. The van der Waals surface area contributed by atoms with Gasteiger partial charge in [0.05, 0.1) is 10.6 Å². The fraction of sp³-hybridized carbons (Fsp3) is 0. The smallest absolute Gasteiger partial charge is 0.262 e. The molecule has 0 aliphatic carbocycles. The van der Waals surface area contributed by atoms with Crippen LogP contribution in [0.15, 0.2) is 58.3 Å². The molecule has 0 amide bonds. The van der Waals surface area contributed by atoms with Gasteiger partial charge in [-0.2, -0.15) is 0 Å². The van der Waals surface area contributed by atoms with Crippen molar-refractivity contribution in [3.05, 3.63) is 54.6 Å². The fourth-order valence-electron chi connectivity index (χ4n) is 1.54. The average molecular weight is 311 g/mol. The Bertz CT molecular complexity index is 816. The Morgan fingerprint density at radius 1 is 0.950 bits per heavy atom. The quantitative estimate of drug-likeness (QED) is 0.876. The molecular formula is C12H11N2O4S2. The molecule has 3 N–H and O–H groups in total. The molecule has 0 aliphatic heterocycles. The van der Waals surface area contributed by atoms with Gasteiger partial charge in [-0.05, 0) is 18.2 Å². The monoisotopic (exact) mass is 311 g/mol. The Hall–Kier alpha value is -1.90. The van der Waals surface area contributed by atoms with E-state index in [1.807, 2.05) is 0 Å². The first-order chi connectivity index (χ1) is 9.31. The molecule has 0 saturated carbocycles. The summed E-state index contributed by atoms with van der Waals surface area (Å²) in [6.07, 6.45) is 0. The summed E-state index contributed by atoms with van der Waals surface area (Å²) in [6, 6.07) is 14.0. The van der Waals surface area contributed by atoms with Gasteiger partial charge in [-0.1, -0.05) is 30.3 Å². The lowest BCUT2D eigenvalue weighted by molar-refractivity contribution is 0.598.